The number of fused-ring (bicyclic) bond motifs is 21. The molecule has 0 saturated carbocycles. The van der Waals surface area contributed by atoms with Crippen LogP contribution in [0.4, 0.5) is 0 Å². The summed E-state index contributed by atoms with van der Waals surface area (Å²) in [6.07, 6.45) is 0. The molecule has 8 heteroatoms. The predicted octanol–water partition coefficient (Wildman–Crippen LogP) is 20.5. The van der Waals surface area contributed by atoms with Crippen LogP contribution in [-0.2, 0) is 0 Å². The second kappa shape index (κ2) is 17.0. The van der Waals surface area contributed by atoms with Gasteiger partial charge in [0.2, 0.25) is 0 Å². The topological polar surface area (TPSA) is 80.0 Å². The molecule has 8 nitrogen and oxygen atoms in total. The summed E-state index contributed by atoms with van der Waals surface area (Å²) in [5, 5.41) is 13.4. The molecular weight excluding hydrogens is 1030 g/mol. The summed E-state index contributed by atoms with van der Waals surface area (Å²) in [5.74, 6) is 0.618. The fourth-order valence-corrected chi connectivity index (χ4v) is 13.8. The smallest absolute Gasteiger partial charge is 0.160 e. The van der Waals surface area contributed by atoms with Gasteiger partial charge in [-0.1, -0.05) is 146 Å². The summed E-state index contributed by atoms with van der Waals surface area (Å²) in [6.45, 7) is 0. The highest BCUT2D eigenvalue weighted by molar-refractivity contribution is 6.26. The molecule has 0 atom stereocenters. The molecule has 84 heavy (non-hydrogen) atoms. The second-order valence-corrected chi connectivity index (χ2v) is 22.0. The van der Waals surface area contributed by atoms with E-state index in [0.717, 1.165) is 176 Å². The van der Waals surface area contributed by atoms with Crippen molar-refractivity contribution in [2.24, 2.45) is 0 Å². The largest absolute Gasteiger partial charge is 0.455 e. The van der Waals surface area contributed by atoms with E-state index in [1.807, 2.05) is 36.4 Å². The number of nitrogens with zero attached hydrogens (tertiary/aromatic N) is 5. The molecule has 0 radical (unpaired) electrons. The zero-order valence-electron chi connectivity index (χ0n) is 44.8. The number of hydrogen-bond acceptors (Lipinski definition) is 5. The Labute approximate surface area is 477 Å². The summed E-state index contributed by atoms with van der Waals surface area (Å²) < 4.78 is 27.0. The molecular formula is C76H43N5O3. The van der Waals surface area contributed by atoms with Crippen molar-refractivity contribution in [1.82, 2.24) is 23.7 Å². The van der Waals surface area contributed by atoms with Crippen LogP contribution in [0.1, 0.15) is 0 Å². The average molecular weight is 1070 g/mol. The molecule has 0 aliphatic heterocycles. The first kappa shape index (κ1) is 45.3. The minimum atomic E-state index is 0.618. The van der Waals surface area contributed by atoms with E-state index in [2.05, 4.69) is 238 Å². The summed E-state index contributed by atoms with van der Waals surface area (Å²) in [5.41, 5.74) is 19.4. The lowest BCUT2D eigenvalue weighted by molar-refractivity contribution is 0.672. The Kier molecular flexibility index (Phi) is 9.18. The summed E-state index contributed by atoms with van der Waals surface area (Å²) in [4.78, 5) is 10.9. The maximum absolute atomic E-state index is 6.67. The van der Waals surface area contributed by atoms with Crippen LogP contribution >= 0.6 is 0 Å². The Morgan fingerprint density at radius 2 is 0.595 bits per heavy atom. The standard InChI is InChI=1S/C76H43N5O3/c1-7-22-61-56(19-1)70-64(39-36-53-50-16-4-10-25-67(50)82-73(53)70)79(61)47-32-28-44(29-33-47)59-43-60(45-30-34-48(35-31-45)80-62-23-8-2-20-57(62)71-65(80)40-37-54-51-17-5-11-26-68(51)83-74(54)71)78-76(77-59)46-14-13-15-49(42-46)81-63-24-9-3-21-58(63)72-66(81)41-38-55-52-18-6-12-27-69(52)84-75(55)72/h1-43H. The highest BCUT2D eigenvalue weighted by Crippen LogP contribution is 2.45. The van der Waals surface area contributed by atoms with Crippen LogP contribution in [-0.4, -0.2) is 23.7 Å². The Balaban J connectivity index is 0.771. The second-order valence-electron chi connectivity index (χ2n) is 22.0. The number of rotatable bonds is 6. The molecule has 19 aromatic rings. The van der Waals surface area contributed by atoms with E-state index in [-0.39, 0.29) is 0 Å². The van der Waals surface area contributed by atoms with Crippen LogP contribution in [0, 0.1) is 0 Å². The number of hydrogen-bond donors (Lipinski definition) is 0. The monoisotopic (exact) mass is 1070 g/mol. The van der Waals surface area contributed by atoms with E-state index >= 15 is 0 Å². The zero-order chi connectivity index (χ0) is 54.7. The van der Waals surface area contributed by atoms with Crippen molar-refractivity contribution in [3.05, 3.63) is 261 Å². The number of para-hydroxylation sites is 6. The van der Waals surface area contributed by atoms with Gasteiger partial charge in [0.15, 0.2) is 5.82 Å². The van der Waals surface area contributed by atoms with Gasteiger partial charge >= 0.3 is 0 Å². The van der Waals surface area contributed by atoms with Crippen molar-refractivity contribution in [2.45, 2.75) is 0 Å². The third kappa shape index (κ3) is 6.36. The fraction of sp³-hybridized carbons (Fsp3) is 0. The van der Waals surface area contributed by atoms with Crippen LogP contribution < -0.4 is 0 Å². The van der Waals surface area contributed by atoms with Crippen LogP contribution in [0.25, 0.3) is 182 Å². The molecule has 0 aliphatic carbocycles. The zero-order valence-corrected chi connectivity index (χ0v) is 44.8. The van der Waals surface area contributed by atoms with Crippen molar-refractivity contribution >= 4 is 131 Å². The van der Waals surface area contributed by atoms with E-state index in [1.54, 1.807) is 0 Å². The molecule has 0 N–H and O–H groups in total. The minimum absolute atomic E-state index is 0.618. The third-order valence-electron chi connectivity index (χ3n) is 17.5. The molecule has 12 aromatic carbocycles. The van der Waals surface area contributed by atoms with Gasteiger partial charge in [-0.05, 0) is 115 Å². The van der Waals surface area contributed by atoms with Gasteiger partial charge in [0.05, 0.1) is 60.6 Å². The number of aromatic nitrogens is 5. The fourth-order valence-electron chi connectivity index (χ4n) is 13.8. The molecule has 7 aromatic heterocycles. The molecule has 0 unspecified atom stereocenters. The molecule has 0 bridgehead atoms. The molecule has 19 rings (SSSR count). The highest BCUT2D eigenvalue weighted by Gasteiger charge is 2.23. The van der Waals surface area contributed by atoms with Gasteiger partial charge < -0.3 is 27.0 Å². The van der Waals surface area contributed by atoms with Gasteiger partial charge in [0.25, 0.3) is 0 Å². The van der Waals surface area contributed by atoms with Gasteiger partial charge in [0, 0.05) is 82.2 Å². The van der Waals surface area contributed by atoms with Gasteiger partial charge in [-0.2, -0.15) is 0 Å². The lowest BCUT2D eigenvalue weighted by atomic mass is 10.1. The summed E-state index contributed by atoms with van der Waals surface area (Å²) in [7, 11) is 0. The quantitative estimate of drug-likeness (QED) is 0.166. The van der Waals surface area contributed by atoms with E-state index in [1.165, 1.54) is 0 Å². The van der Waals surface area contributed by atoms with Gasteiger partial charge in [-0.15, -0.1) is 0 Å². The summed E-state index contributed by atoms with van der Waals surface area (Å²) >= 11 is 0. The van der Waals surface area contributed by atoms with Gasteiger partial charge in [-0.25, -0.2) is 9.97 Å². The van der Waals surface area contributed by atoms with Gasteiger partial charge in [0.1, 0.15) is 33.5 Å². The Bertz CT molecular complexity index is 5740. The number of benzene rings is 12. The van der Waals surface area contributed by atoms with Crippen LogP contribution in [0.5, 0.6) is 0 Å². The predicted molar refractivity (Wildman–Crippen MR) is 343 cm³/mol. The molecule has 0 fully saturated rings. The lowest BCUT2D eigenvalue weighted by Gasteiger charge is -2.13. The SMILES string of the molecule is c1cc(-c2nc(-c3ccc(-n4c5ccccc5c5c6oc7ccccc7c6ccc54)cc3)cc(-c3ccc(-n4c5ccccc5c5c6oc7ccccc7c6ccc54)cc3)n2)cc(-n2c3ccccc3c3c4oc5ccccc5c4ccc32)c1. The van der Waals surface area contributed by atoms with Crippen LogP contribution in [0.3, 0.4) is 0 Å². The molecule has 7 heterocycles. The molecule has 0 aliphatic rings. The maximum Gasteiger partial charge on any atom is 0.160 e. The Morgan fingerprint density at radius 3 is 1.00 bits per heavy atom. The third-order valence-corrected chi connectivity index (χ3v) is 17.5. The van der Waals surface area contributed by atoms with Crippen molar-refractivity contribution in [2.75, 3.05) is 0 Å². The molecule has 0 amide bonds. The van der Waals surface area contributed by atoms with Crippen LogP contribution in [0.15, 0.2) is 274 Å². The van der Waals surface area contributed by atoms with E-state index in [9.17, 15) is 0 Å². The first-order valence-electron chi connectivity index (χ1n) is 28.4. The number of furan rings is 3. The lowest BCUT2D eigenvalue weighted by Crippen LogP contribution is -1.99. The molecule has 0 spiro atoms. The first-order valence-corrected chi connectivity index (χ1v) is 28.4. The van der Waals surface area contributed by atoms with Gasteiger partial charge in [-0.3, -0.25) is 0 Å². The Hall–Kier alpha value is -11.5. The van der Waals surface area contributed by atoms with E-state index in [0.29, 0.717) is 5.82 Å². The average Bonchev–Trinajstić information content (AvgIpc) is 2.11. The van der Waals surface area contributed by atoms with Crippen molar-refractivity contribution in [3.8, 4) is 51.0 Å². The maximum atomic E-state index is 6.67. The Morgan fingerprint density at radius 1 is 0.238 bits per heavy atom. The molecule has 0 saturated heterocycles. The highest BCUT2D eigenvalue weighted by atomic mass is 16.3. The van der Waals surface area contributed by atoms with Crippen molar-refractivity contribution in [1.29, 1.82) is 0 Å². The van der Waals surface area contributed by atoms with E-state index in [4.69, 9.17) is 23.2 Å². The van der Waals surface area contributed by atoms with Crippen molar-refractivity contribution in [3.63, 3.8) is 0 Å². The molecule has 390 valence electrons. The van der Waals surface area contributed by atoms with Crippen molar-refractivity contribution < 1.29 is 13.3 Å². The first-order chi connectivity index (χ1) is 41.6. The normalized spacial score (nSPS) is 12.3. The minimum Gasteiger partial charge on any atom is -0.455 e. The van der Waals surface area contributed by atoms with E-state index < -0.39 is 0 Å². The summed E-state index contributed by atoms with van der Waals surface area (Å²) in [6, 6.07) is 92.2. The van der Waals surface area contributed by atoms with Crippen LogP contribution in [0.2, 0.25) is 0 Å².